The quantitative estimate of drug-likeness (QED) is 0.768. The first kappa shape index (κ1) is 13.3. The fraction of sp³-hybridized carbons (Fsp3) is 0.917. The van der Waals surface area contributed by atoms with Gasteiger partial charge in [-0.2, -0.15) is 0 Å². The number of aliphatic hydroxyl groups excluding tert-OH is 1. The topological polar surface area (TPSA) is 52.6 Å². The van der Waals surface area contributed by atoms with E-state index in [4.69, 9.17) is 5.11 Å². The van der Waals surface area contributed by atoms with Crippen molar-refractivity contribution in [1.29, 1.82) is 0 Å². The van der Waals surface area contributed by atoms with Crippen LogP contribution in [0.2, 0.25) is 0 Å². The van der Waals surface area contributed by atoms with Crippen molar-refractivity contribution in [2.24, 2.45) is 11.8 Å². The van der Waals surface area contributed by atoms with Gasteiger partial charge in [-0.05, 0) is 24.7 Å². The molecule has 0 radical (unpaired) electrons. The summed E-state index contributed by atoms with van der Waals surface area (Å²) in [5.41, 5.74) is 0. The Labute approximate surface area is 98.0 Å². The van der Waals surface area contributed by atoms with E-state index < -0.39 is 0 Å². The van der Waals surface area contributed by atoms with Crippen molar-refractivity contribution in [3.63, 3.8) is 0 Å². The van der Waals surface area contributed by atoms with E-state index in [2.05, 4.69) is 12.2 Å². The normalized spacial score (nSPS) is 19.9. The van der Waals surface area contributed by atoms with Crippen molar-refractivity contribution in [3.8, 4) is 0 Å². The molecule has 4 nitrogen and oxygen atoms in total. The zero-order valence-corrected chi connectivity index (χ0v) is 10.6. The summed E-state index contributed by atoms with van der Waals surface area (Å²) in [5, 5.41) is 12.0. The predicted octanol–water partition coefficient (Wildman–Crippen LogP) is 1.44. The van der Waals surface area contributed by atoms with Gasteiger partial charge >= 0.3 is 6.03 Å². The van der Waals surface area contributed by atoms with Crippen molar-refractivity contribution in [1.82, 2.24) is 10.2 Å². The maximum absolute atomic E-state index is 11.9. The van der Waals surface area contributed by atoms with E-state index in [9.17, 15) is 4.79 Å². The highest BCUT2D eigenvalue weighted by Crippen LogP contribution is 2.16. The summed E-state index contributed by atoms with van der Waals surface area (Å²) in [5.74, 6) is 0.987. The molecule has 1 unspecified atom stereocenters. The number of likely N-dealkylation sites (tertiary alicyclic amines) is 1. The first-order chi connectivity index (χ1) is 7.54. The summed E-state index contributed by atoms with van der Waals surface area (Å²) in [4.78, 5) is 13.7. The molecule has 0 aromatic carbocycles. The van der Waals surface area contributed by atoms with Crippen LogP contribution in [0.4, 0.5) is 4.79 Å². The molecule has 1 heterocycles. The van der Waals surface area contributed by atoms with Crippen LogP contribution in [0.1, 0.15) is 33.6 Å². The van der Waals surface area contributed by atoms with E-state index in [1.807, 2.05) is 18.7 Å². The van der Waals surface area contributed by atoms with Gasteiger partial charge in [0.1, 0.15) is 0 Å². The number of piperidine rings is 1. The zero-order chi connectivity index (χ0) is 12.1. The second kappa shape index (κ2) is 6.09. The van der Waals surface area contributed by atoms with Crippen LogP contribution in [-0.2, 0) is 0 Å². The van der Waals surface area contributed by atoms with Crippen molar-refractivity contribution >= 4 is 6.03 Å². The van der Waals surface area contributed by atoms with Crippen LogP contribution >= 0.6 is 0 Å². The monoisotopic (exact) mass is 228 g/mol. The molecule has 94 valence electrons. The van der Waals surface area contributed by atoms with Crippen LogP contribution in [0.5, 0.6) is 0 Å². The molecule has 4 heteroatoms. The smallest absolute Gasteiger partial charge is 0.317 e. The molecule has 2 N–H and O–H groups in total. The highest BCUT2D eigenvalue weighted by Gasteiger charge is 2.23. The summed E-state index contributed by atoms with van der Waals surface area (Å²) in [6.45, 7) is 7.90. The Balaban J connectivity index is 2.39. The minimum atomic E-state index is -0.133. The number of rotatable bonds is 3. The summed E-state index contributed by atoms with van der Waals surface area (Å²) < 4.78 is 0. The molecule has 0 bridgehead atoms. The average molecular weight is 228 g/mol. The lowest BCUT2D eigenvalue weighted by Gasteiger charge is -2.32. The molecule has 1 aliphatic rings. The maximum Gasteiger partial charge on any atom is 0.317 e. The average Bonchev–Trinajstić information content (AvgIpc) is 2.26. The molecule has 1 atom stereocenters. The maximum atomic E-state index is 11.9. The standard InChI is InChI=1S/C12H24N2O2/c1-9(2)11(8-15)13-12(16)14-6-4-10(3)5-7-14/h9-11,15H,4-8H2,1-3H3,(H,13,16). The van der Waals surface area contributed by atoms with Crippen molar-refractivity contribution in [2.75, 3.05) is 19.7 Å². The van der Waals surface area contributed by atoms with Gasteiger partial charge in [0.2, 0.25) is 0 Å². The third-order valence-electron chi connectivity index (χ3n) is 3.38. The first-order valence-corrected chi connectivity index (χ1v) is 6.21. The van der Waals surface area contributed by atoms with Gasteiger partial charge in [0.15, 0.2) is 0 Å². The van der Waals surface area contributed by atoms with Crippen LogP contribution in [0.15, 0.2) is 0 Å². The third-order valence-corrected chi connectivity index (χ3v) is 3.38. The van der Waals surface area contributed by atoms with E-state index in [-0.39, 0.29) is 24.6 Å². The van der Waals surface area contributed by atoms with Crippen LogP contribution < -0.4 is 5.32 Å². The lowest BCUT2D eigenvalue weighted by Crippen LogP contribution is -2.50. The second-order valence-corrected chi connectivity index (χ2v) is 5.15. The van der Waals surface area contributed by atoms with E-state index >= 15 is 0 Å². The summed E-state index contributed by atoms with van der Waals surface area (Å²) in [7, 11) is 0. The number of carbonyl (C=O) groups excluding carboxylic acids is 1. The first-order valence-electron chi connectivity index (χ1n) is 6.21. The van der Waals surface area contributed by atoms with E-state index in [1.165, 1.54) is 0 Å². The van der Waals surface area contributed by atoms with Crippen LogP contribution in [0, 0.1) is 11.8 Å². The molecular formula is C12H24N2O2. The molecular weight excluding hydrogens is 204 g/mol. The Morgan fingerprint density at radius 1 is 1.44 bits per heavy atom. The number of urea groups is 1. The highest BCUT2D eigenvalue weighted by molar-refractivity contribution is 5.74. The predicted molar refractivity (Wildman–Crippen MR) is 64.2 cm³/mol. The lowest BCUT2D eigenvalue weighted by molar-refractivity contribution is 0.154. The van der Waals surface area contributed by atoms with Crippen molar-refractivity contribution < 1.29 is 9.90 Å². The fourth-order valence-electron chi connectivity index (χ4n) is 1.88. The number of amides is 2. The Kier molecular flexibility index (Phi) is 5.06. The Morgan fingerprint density at radius 2 is 2.00 bits per heavy atom. The summed E-state index contributed by atoms with van der Waals surface area (Å²) in [6.07, 6.45) is 2.16. The summed E-state index contributed by atoms with van der Waals surface area (Å²) in [6, 6.07) is -0.161. The number of aliphatic hydroxyl groups is 1. The summed E-state index contributed by atoms with van der Waals surface area (Å²) >= 11 is 0. The number of nitrogens with one attached hydrogen (secondary N) is 1. The Bertz CT molecular complexity index is 223. The lowest BCUT2D eigenvalue weighted by atomic mass is 9.99. The largest absolute Gasteiger partial charge is 0.394 e. The molecule has 1 saturated heterocycles. The number of hydrogen-bond donors (Lipinski definition) is 2. The van der Waals surface area contributed by atoms with Gasteiger partial charge < -0.3 is 15.3 Å². The third kappa shape index (κ3) is 3.67. The molecule has 16 heavy (non-hydrogen) atoms. The molecule has 0 aliphatic carbocycles. The van der Waals surface area contributed by atoms with Gasteiger partial charge in [0.05, 0.1) is 12.6 Å². The minimum Gasteiger partial charge on any atom is -0.394 e. The fourth-order valence-corrected chi connectivity index (χ4v) is 1.88. The molecule has 0 aromatic rings. The Morgan fingerprint density at radius 3 is 2.44 bits per heavy atom. The van der Waals surface area contributed by atoms with Gasteiger partial charge in [-0.15, -0.1) is 0 Å². The van der Waals surface area contributed by atoms with Crippen molar-refractivity contribution in [3.05, 3.63) is 0 Å². The number of hydrogen-bond acceptors (Lipinski definition) is 2. The molecule has 0 saturated carbocycles. The van der Waals surface area contributed by atoms with Gasteiger partial charge in [0.25, 0.3) is 0 Å². The van der Waals surface area contributed by atoms with Gasteiger partial charge in [-0.3, -0.25) is 0 Å². The Hall–Kier alpha value is -0.770. The molecule has 0 aromatic heterocycles. The molecule has 1 aliphatic heterocycles. The van der Waals surface area contributed by atoms with Gasteiger partial charge in [-0.1, -0.05) is 20.8 Å². The molecule has 1 fully saturated rings. The van der Waals surface area contributed by atoms with Gasteiger partial charge in [-0.25, -0.2) is 4.79 Å². The van der Waals surface area contributed by atoms with Gasteiger partial charge in [0, 0.05) is 13.1 Å². The van der Waals surface area contributed by atoms with E-state index in [0.717, 1.165) is 31.8 Å². The number of nitrogens with zero attached hydrogens (tertiary/aromatic N) is 1. The number of carbonyl (C=O) groups is 1. The van der Waals surface area contributed by atoms with E-state index in [1.54, 1.807) is 0 Å². The minimum absolute atomic E-state index is 0.00759. The van der Waals surface area contributed by atoms with Crippen LogP contribution in [0.3, 0.4) is 0 Å². The van der Waals surface area contributed by atoms with E-state index in [0.29, 0.717) is 0 Å². The molecule has 0 spiro atoms. The highest BCUT2D eigenvalue weighted by atomic mass is 16.3. The second-order valence-electron chi connectivity index (χ2n) is 5.15. The zero-order valence-electron chi connectivity index (χ0n) is 10.6. The molecule has 2 amide bonds. The van der Waals surface area contributed by atoms with Crippen molar-refractivity contribution in [2.45, 2.75) is 39.7 Å². The SMILES string of the molecule is CC1CCN(C(=O)NC(CO)C(C)C)CC1. The molecule has 1 rings (SSSR count). The van der Waals surface area contributed by atoms with Crippen LogP contribution in [-0.4, -0.2) is 41.8 Å². The van der Waals surface area contributed by atoms with Crippen LogP contribution in [0.25, 0.3) is 0 Å².